The van der Waals surface area contributed by atoms with Crippen LogP contribution in [0.1, 0.15) is 71.0 Å². The fraction of sp³-hybridized carbons (Fsp3) is 0.824. The van der Waals surface area contributed by atoms with Gasteiger partial charge in [0, 0.05) is 23.9 Å². The number of hydrogen-bond donors (Lipinski definition) is 2. The van der Waals surface area contributed by atoms with E-state index in [9.17, 15) is 5.11 Å². The average Bonchev–Trinajstić information content (AvgIpc) is 2.83. The van der Waals surface area contributed by atoms with Gasteiger partial charge < -0.3 is 10.4 Å². The van der Waals surface area contributed by atoms with Gasteiger partial charge in [-0.25, -0.2) is 4.98 Å². The molecule has 0 bridgehead atoms. The van der Waals surface area contributed by atoms with Crippen LogP contribution in [0.15, 0.2) is 5.38 Å². The van der Waals surface area contributed by atoms with Gasteiger partial charge in [0.2, 0.25) is 0 Å². The molecule has 1 fully saturated rings. The second kappa shape index (κ2) is 5.98. The summed E-state index contributed by atoms with van der Waals surface area (Å²) in [5, 5.41) is 17.3. The van der Waals surface area contributed by atoms with Gasteiger partial charge >= 0.3 is 0 Å². The largest absolute Gasteiger partial charge is 0.389 e. The van der Waals surface area contributed by atoms with Gasteiger partial charge in [-0.2, -0.15) is 0 Å². The number of thiazole rings is 1. The SMILES string of the molecule is CC1(C)CCC(O)(CNCc2nc(C(C)(C)C)cs2)CC1. The highest BCUT2D eigenvalue weighted by Gasteiger charge is 2.36. The summed E-state index contributed by atoms with van der Waals surface area (Å²) < 4.78 is 0. The molecule has 1 aliphatic rings. The van der Waals surface area contributed by atoms with Crippen molar-refractivity contribution in [2.45, 2.75) is 77.9 Å². The lowest BCUT2D eigenvalue weighted by molar-refractivity contribution is -0.0245. The lowest BCUT2D eigenvalue weighted by Crippen LogP contribution is -2.44. The van der Waals surface area contributed by atoms with Gasteiger partial charge in [-0.05, 0) is 31.1 Å². The lowest BCUT2D eigenvalue weighted by atomic mass is 9.71. The summed E-state index contributed by atoms with van der Waals surface area (Å²) in [5.74, 6) is 0. The Balaban J connectivity index is 1.81. The highest BCUT2D eigenvalue weighted by atomic mass is 32.1. The maximum Gasteiger partial charge on any atom is 0.107 e. The molecule has 0 atom stereocenters. The molecule has 2 rings (SSSR count). The quantitative estimate of drug-likeness (QED) is 0.887. The maximum absolute atomic E-state index is 10.6. The Labute approximate surface area is 133 Å². The van der Waals surface area contributed by atoms with Crippen LogP contribution in [-0.2, 0) is 12.0 Å². The monoisotopic (exact) mass is 310 g/mol. The highest BCUT2D eigenvalue weighted by Crippen LogP contribution is 2.39. The van der Waals surface area contributed by atoms with E-state index in [1.54, 1.807) is 11.3 Å². The molecule has 1 aromatic heterocycles. The Morgan fingerprint density at radius 3 is 2.38 bits per heavy atom. The summed E-state index contributed by atoms with van der Waals surface area (Å²) in [7, 11) is 0. The molecule has 0 saturated heterocycles. The Bertz CT molecular complexity index is 463. The Morgan fingerprint density at radius 2 is 1.86 bits per heavy atom. The van der Waals surface area contributed by atoms with Gasteiger partial charge in [0.05, 0.1) is 11.3 Å². The van der Waals surface area contributed by atoms with Crippen LogP contribution in [0.4, 0.5) is 0 Å². The molecule has 21 heavy (non-hydrogen) atoms. The summed E-state index contributed by atoms with van der Waals surface area (Å²) in [4.78, 5) is 4.68. The summed E-state index contributed by atoms with van der Waals surface area (Å²) in [6.45, 7) is 12.6. The van der Waals surface area contributed by atoms with Crippen LogP contribution in [0.5, 0.6) is 0 Å². The zero-order valence-electron chi connectivity index (χ0n) is 14.1. The summed E-state index contributed by atoms with van der Waals surface area (Å²) >= 11 is 1.71. The fourth-order valence-corrected chi connectivity index (χ4v) is 3.70. The van der Waals surface area contributed by atoms with E-state index in [4.69, 9.17) is 0 Å². The zero-order chi connectivity index (χ0) is 15.7. The first-order valence-corrected chi connectivity index (χ1v) is 8.86. The number of hydrogen-bond acceptors (Lipinski definition) is 4. The van der Waals surface area contributed by atoms with Crippen molar-refractivity contribution in [3.05, 3.63) is 16.1 Å². The summed E-state index contributed by atoms with van der Waals surface area (Å²) in [6, 6.07) is 0. The first kappa shape index (κ1) is 16.9. The molecule has 1 heterocycles. The molecule has 120 valence electrons. The first-order chi connectivity index (χ1) is 9.60. The Kier molecular flexibility index (Phi) is 4.81. The molecule has 2 N–H and O–H groups in total. The third kappa shape index (κ3) is 4.76. The molecule has 0 radical (unpaired) electrons. The van der Waals surface area contributed by atoms with Gasteiger partial charge in [0.25, 0.3) is 0 Å². The third-order valence-electron chi connectivity index (χ3n) is 4.58. The predicted octanol–water partition coefficient (Wildman–Crippen LogP) is 3.86. The van der Waals surface area contributed by atoms with Crippen LogP contribution < -0.4 is 5.32 Å². The van der Waals surface area contributed by atoms with Gasteiger partial charge in [-0.15, -0.1) is 11.3 Å². The van der Waals surface area contributed by atoms with Gasteiger partial charge in [-0.1, -0.05) is 34.6 Å². The highest BCUT2D eigenvalue weighted by molar-refractivity contribution is 7.09. The van der Waals surface area contributed by atoms with Crippen molar-refractivity contribution < 1.29 is 5.11 Å². The van der Waals surface area contributed by atoms with E-state index >= 15 is 0 Å². The number of nitrogens with one attached hydrogen (secondary N) is 1. The lowest BCUT2D eigenvalue weighted by Gasteiger charge is -2.40. The Hall–Kier alpha value is -0.450. The molecule has 4 heteroatoms. The zero-order valence-corrected chi connectivity index (χ0v) is 14.9. The van der Waals surface area contributed by atoms with Crippen molar-refractivity contribution in [1.82, 2.24) is 10.3 Å². The fourth-order valence-electron chi connectivity index (χ4n) is 2.71. The van der Waals surface area contributed by atoms with Crippen molar-refractivity contribution in [1.29, 1.82) is 0 Å². The first-order valence-electron chi connectivity index (χ1n) is 7.98. The van der Waals surface area contributed by atoms with E-state index in [-0.39, 0.29) is 5.41 Å². The molecule has 0 aliphatic heterocycles. The van der Waals surface area contributed by atoms with Gasteiger partial charge in [0.1, 0.15) is 5.01 Å². The van der Waals surface area contributed by atoms with Crippen molar-refractivity contribution in [2.24, 2.45) is 5.41 Å². The molecule has 0 spiro atoms. The van der Waals surface area contributed by atoms with E-state index in [1.165, 1.54) is 0 Å². The minimum atomic E-state index is -0.528. The van der Waals surface area contributed by atoms with Crippen LogP contribution in [0.3, 0.4) is 0 Å². The summed E-state index contributed by atoms with van der Waals surface area (Å²) in [5.41, 5.74) is 1.13. The van der Waals surface area contributed by atoms with Gasteiger partial charge in [-0.3, -0.25) is 0 Å². The topological polar surface area (TPSA) is 45.1 Å². The maximum atomic E-state index is 10.6. The van der Waals surface area contributed by atoms with E-state index in [2.05, 4.69) is 50.3 Å². The van der Waals surface area contributed by atoms with E-state index in [1.807, 2.05) is 0 Å². The minimum absolute atomic E-state index is 0.113. The second-order valence-corrected chi connectivity index (χ2v) is 9.31. The van der Waals surface area contributed by atoms with Crippen molar-refractivity contribution in [2.75, 3.05) is 6.54 Å². The average molecular weight is 311 g/mol. The van der Waals surface area contributed by atoms with Crippen LogP contribution in [0.25, 0.3) is 0 Å². The number of rotatable bonds is 4. The van der Waals surface area contributed by atoms with Gasteiger partial charge in [0.15, 0.2) is 0 Å². The molecule has 0 unspecified atom stereocenters. The third-order valence-corrected chi connectivity index (χ3v) is 5.43. The van der Waals surface area contributed by atoms with Crippen molar-refractivity contribution in [3.8, 4) is 0 Å². The number of aliphatic hydroxyl groups is 1. The molecule has 1 aliphatic carbocycles. The van der Waals surface area contributed by atoms with Crippen LogP contribution in [0, 0.1) is 5.41 Å². The molecule has 0 amide bonds. The summed E-state index contributed by atoms with van der Waals surface area (Å²) in [6.07, 6.45) is 4.02. The predicted molar refractivity (Wildman–Crippen MR) is 89.7 cm³/mol. The normalized spacial score (nSPS) is 21.4. The van der Waals surface area contributed by atoms with E-state index in [0.717, 1.165) is 42.9 Å². The molecule has 3 nitrogen and oxygen atoms in total. The van der Waals surface area contributed by atoms with Crippen LogP contribution >= 0.6 is 11.3 Å². The molecular weight excluding hydrogens is 280 g/mol. The molecule has 0 aromatic carbocycles. The van der Waals surface area contributed by atoms with Crippen LogP contribution in [0.2, 0.25) is 0 Å². The van der Waals surface area contributed by atoms with Crippen LogP contribution in [-0.4, -0.2) is 22.2 Å². The Morgan fingerprint density at radius 1 is 1.24 bits per heavy atom. The smallest absolute Gasteiger partial charge is 0.107 e. The number of nitrogens with zero attached hydrogens (tertiary/aromatic N) is 1. The molecule has 1 aromatic rings. The van der Waals surface area contributed by atoms with E-state index in [0.29, 0.717) is 12.0 Å². The molecule has 1 saturated carbocycles. The standard InChI is InChI=1S/C17H30N2OS/c1-15(2,3)13-11-21-14(19-13)10-18-12-17(20)8-6-16(4,5)7-9-17/h11,18,20H,6-10,12H2,1-5H3. The van der Waals surface area contributed by atoms with Crippen molar-refractivity contribution in [3.63, 3.8) is 0 Å². The second-order valence-electron chi connectivity index (χ2n) is 8.37. The molecular formula is C17H30N2OS. The van der Waals surface area contributed by atoms with E-state index < -0.39 is 5.60 Å². The number of aromatic nitrogens is 1. The van der Waals surface area contributed by atoms with Crippen molar-refractivity contribution >= 4 is 11.3 Å². The minimum Gasteiger partial charge on any atom is -0.389 e.